The van der Waals surface area contributed by atoms with Crippen LogP contribution in [0.5, 0.6) is 0 Å². The zero-order valence-corrected chi connectivity index (χ0v) is 27.6. The molecule has 0 aromatic rings. The van der Waals surface area contributed by atoms with Crippen molar-refractivity contribution in [1.29, 1.82) is 0 Å². The lowest BCUT2D eigenvalue weighted by Crippen LogP contribution is -2.74. The van der Waals surface area contributed by atoms with Gasteiger partial charge in [-0.05, 0) is 12.8 Å². The number of unbranched alkanes of at least 4 members (excludes halogenated alkanes) is 8. The fraction of sp³-hybridized carbons (Fsp3) is 1.00. The highest BCUT2D eigenvalue weighted by Gasteiger charge is 2.95. The first-order chi connectivity index (χ1) is 23.1. The van der Waals surface area contributed by atoms with Gasteiger partial charge in [-0.2, -0.15) is 74.6 Å². The predicted molar refractivity (Wildman–Crippen MR) is 145 cm³/mol. The number of ether oxygens (including phenoxy) is 2. The summed E-state index contributed by atoms with van der Waals surface area (Å²) in [6, 6.07) is -0.314. The zero-order chi connectivity index (χ0) is 39.4. The number of halogens is 17. The Balaban J connectivity index is 1.81. The minimum atomic E-state index is -8.61. The third kappa shape index (κ3) is 9.21. The molecule has 2 unspecified atom stereocenters. The highest BCUT2D eigenvalue weighted by molar-refractivity contribution is 7.52. The summed E-state index contributed by atoms with van der Waals surface area (Å²) in [5, 5.41) is 0. The summed E-state index contributed by atoms with van der Waals surface area (Å²) in [4.78, 5) is 10.8. The lowest BCUT2D eigenvalue weighted by atomic mass is 9.87. The minimum absolute atomic E-state index is 0.00667. The van der Waals surface area contributed by atoms with Crippen LogP contribution in [0.4, 0.5) is 74.6 Å². The predicted octanol–water partition coefficient (Wildman–Crippen LogP) is 9.42. The van der Waals surface area contributed by atoms with Crippen LogP contribution < -0.4 is 0 Å². The molecule has 2 aliphatic heterocycles. The molecule has 0 bridgehead atoms. The molecule has 0 aromatic carbocycles. The number of hydrogen-bond donors (Lipinski definition) is 1. The maximum absolute atomic E-state index is 14.0. The van der Waals surface area contributed by atoms with Crippen LogP contribution in [0.2, 0.25) is 0 Å². The highest BCUT2D eigenvalue weighted by atomic mass is 31.2. The van der Waals surface area contributed by atoms with Crippen molar-refractivity contribution in [3.05, 3.63) is 0 Å². The molecule has 0 aliphatic carbocycles. The molecule has 2 fully saturated rings. The Bertz CT molecular complexity index is 1150. The van der Waals surface area contributed by atoms with Gasteiger partial charge in [-0.3, -0.25) is 4.57 Å². The van der Waals surface area contributed by atoms with Crippen molar-refractivity contribution in [2.45, 2.75) is 124 Å². The zero-order valence-electron chi connectivity index (χ0n) is 26.7. The third-order valence-electron chi connectivity index (χ3n) is 8.70. The SMILES string of the molecule is O=P(O)(N1CCOCC1)N1CCOCC1CCCCCCCCCCCC(F)(F)C(F)(F)C(F)(F)C(F)(F)C(F)(F)C(F)(F)C(F)(F)C(F)(F)F. The summed E-state index contributed by atoms with van der Waals surface area (Å²) < 4.78 is 254. The molecule has 0 spiro atoms. The van der Waals surface area contributed by atoms with Crippen molar-refractivity contribution in [3.63, 3.8) is 0 Å². The summed E-state index contributed by atoms with van der Waals surface area (Å²) in [5.74, 6) is -56.0. The normalized spacial score (nSPS) is 21.6. The second kappa shape index (κ2) is 16.7. The number of morpholine rings is 2. The van der Waals surface area contributed by atoms with Crippen molar-refractivity contribution in [3.8, 4) is 0 Å². The van der Waals surface area contributed by atoms with E-state index < -0.39 is 74.6 Å². The van der Waals surface area contributed by atoms with E-state index in [1.54, 1.807) is 4.67 Å². The molecule has 2 atom stereocenters. The van der Waals surface area contributed by atoms with Gasteiger partial charge in [0.1, 0.15) is 0 Å². The van der Waals surface area contributed by atoms with E-state index in [9.17, 15) is 84.1 Å². The molecule has 2 heterocycles. The van der Waals surface area contributed by atoms with Gasteiger partial charge in [0.05, 0.1) is 26.4 Å². The van der Waals surface area contributed by atoms with Crippen molar-refractivity contribution in [2.75, 3.05) is 46.1 Å². The van der Waals surface area contributed by atoms with E-state index in [-0.39, 0.29) is 38.6 Å². The van der Waals surface area contributed by atoms with Crippen LogP contribution in [-0.4, -0.2) is 114 Å². The van der Waals surface area contributed by atoms with E-state index in [0.717, 1.165) is 0 Å². The molecule has 304 valence electrons. The summed E-state index contributed by atoms with van der Waals surface area (Å²) in [7, 11) is -3.81. The first-order valence-electron chi connectivity index (χ1n) is 15.8. The lowest BCUT2D eigenvalue weighted by Gasteiger charge is -2.42. The fourth-order valence-electron chi connectivity index (χ4n) is 5.52. The molecular weight excluding hydrogens is 770 g/mol. The van der Waals surface area contributed by atoms with Gasteiger partial charge in [-0.25, -0.2) is 9.34 Å². The Labute approximate surface area is 281 Å². The highest BCUT2D eigenvalue weighted by Crippen LogP contribution is 2.64. The van der Waals surface area contributed by atoms with E-state index in [4.69, 9.17) is 9.47 Å². The molecule has 2 aliphatic rings. The van der Waals surface area contributed by atoms with E-state index in [0.29, 0.717) is 64.8 Å². The average Bonchev–Trinajstić information content (AvgIpc) is 3.03. The molecular formula is C27H38F17N2O4P. The van der Waals surface area contributed by atoms with Crippen LogP contribution in [0.25, 0.3) is 0 Å². The van der Waals surface area contributed by atoms with Crippen LogP contribution >= 0.6 is 7.67 Å². The number of rotatable bonds is 20. The van der Waals surface area contributed by atoms with E-state index in [1.807, 2.05) is 0 Å². The molecule has 51 heavy (non-hydrogen) atoms. The number of nitrogens with zero attached hydrogens (tertiary/aromatic N) is 2. The molecule has 0 saturated carbocycles. The Morgan fingerprint density at radius 1 is 0.529 bits per heavy atom. The van der Waals surface area contributed by atoms with E-state index in [1.165, 1.54) is 4.67 Å². The summed E-state index contributed by atoms with van der Waals surface area (Å²) in [6.07, 6.45) is -7.84. The van der Waals surface area contributed by atoms with Crippen LogP contribution in [0.3, 0.4) is 0 Å². The van der Waals surface area contributed by atoms with Gasteiger partial charge in [-0.1, -0.05) is 51.4 Å². The van der Waals surface area contributed by atoms with Gasteiger partial charge in [0.15, 0.2) is 0 Å². The average molecular weight is 809 g/mol. The second-order valence-electron chi connectivity index (χ2n) is 12.3. The first-order valence-corrected chi connectivity index (χ1v) is 17.3. The van der Waals surface area contributed by atoms with E-state index >= 15 is 0 Å². The van der Waals surface area contributed by atoms with Crippen LogP contribution in [0, 0.1) is 0 Å². The molecule has 6 nitrogen and oxygen atoms in total. The van der Waals surface area contributed by atoms with Crippen molar-refractivity contribution < 1.29 is 93.6 Å². The van der Waals surface area contributed by atoms with Gasteiger partial charge in [0.25, 0.3) is 0 Å². The first kappa shape index (κ1) is 46.0. The second-order valence-corrected chi connectivity index (χ2v) is 14.4. The smallest absolute Gasteiger partial charge is 0.379 e. The van der Waals surface area contributed by atoms with Crippen LogP contribution in [-0.2, 0) is 14.0 Å². The Morgan fingerprint density at radius 2 is 0.922 bits per heavy atom. The molecule has 0 aromatic heterocycles. The van der Waals surface area contributed by atoms with Gasteiger partial charge in [-0.15, -0.1) is 0 Å². The lowest BCUT2D eigenvalue weighted by molar-refractivity contribution is -0.461. The van der Waals surface area contributed by atoms with Crippen molar-refractivity contribution in [1.82, 2.24) is 9.34 Å². The van der Waals surface area contributed by atoms with Crippen molar-refractivity contribution in [2.24, 2.45) is 0 Å². The molecule has 2 rings (SSSR count). The molecule has 1 N–H and O–H groups in total. The van der Waals surface area contributed by atoms with Crippen LogP contribution in [0.15, 0.2) is 0 Å². The van der Waals surface area contributed by atoms with Gasteiger partial charge < -0.3 is 14.4 Å². The minimum Gasteiger partial charge on any atom is -0.379 e. The molecule has 24 heteroatoms. The summed E-state index contributed by atoms with van der Waals surface area (Å²) >= 11 is 0. The van der Waals surface area contributed by atoms with Crippen molar-refractivity contribution >= 4 is 7.67 Å². The topological polar surface area (TPSA) is 62.2 Å². The number of hydrogen-bond acceptors (Lipinski definition) is 3. The molecule has 0 radical (unpaired) electrons. The fourth-order valence-corrected chi connectivity index (χ4v) is 7.48. The standard InChI is InChI=1S/C27H38F17N2O4P/c28-20(29,21(30,31)22(32,33)23(34,35)24(36,37)25(38,39)26(40,41)27(42,43)44)11-9-7-5-3-1-2-4-6-8-10-19-18-50-17-14-46(19)51(47,48)45-12-15-49-16-13-45/h19H,1-18H2,(H,47,48). The quantitative estimate of drug-likeness (QED) is 0.0752. The van der Waals surface area contributed by atoms with Crippen LogP contribution in [0.1, 0.15) is 70.6 Å². The van der Waals surface area contributed by atoms with Gasteiger partial charge >= 0.3 is 55.3 Å². The van der Waals surface area contributed by atoms with Gasteiger partial charge in [0.2, 0.25) is 0 Å². The van der Waals surface area contributed by atoms with Gasteiger partial charge in [0, 0.05) is 32.1 Å². The Hall–Kier alpha value is -1.16. The maximum atomic E-state index is 14.0. The summed E-state index contributed by atoms with van der Waals surface area (Å²) in [5.41, 5.74) is 0. The molecule has 0 amide bonds. The maximum Gasteiger partial charge on any atom is 0.460 e. The Morgan fingerprint density at radius 3 is 1.39 bits per heavy atom. The molecule has 2 saturated heterocycles. The van der Waals surface area contributed by atoms with E-state index in [2.05, 4.69) is 0 Å². The summed E-state index contributed by atoms with van der Waals surface area (Å²) in [6.45, 7) is 2.05. The monoisotopic (exact) mass is 808 g/mol. The largest absolute Gasteiger partial charge is 0.460 e. The Kier molecular flexibility index (Phi) is 15.1. The third-order valence-corrected chi connectivity index (χ3v) is 11.0. The number of alkyl halides is 17.